The topological polar surface area (TPSA) is 139 Å². The molecule has 0 radical (unpaired) electrons. The highest BCUT2D eigenvalue weighted by Gasteiger charge is 2.33. The third kappa shape index (κ3) is 9.24. The molecule has 0 saturated heterocycles. The van der Waals surface area contributed by atoms with Crippen LogP contribution in [0, 0.1) is 5.92 Å². The summed E-state index contributed by atoms with van der Waals surface area (Å²) in [5.41, 5.74) is 2.02. The lowest BCUT2D eigenvalue weighted by atomic mass is 10.0. The SMILES string of the molecule is CC(=O)CC(=O)Cc1ccc(CNC(=O)COCCNC(=O)CN2C(=O)C=C(C(C)C)C2=O)cc1. The summed E-state index contributed by atoms with van der Waals surface area (Å²) < 4.78 is 5.24. The summed E-state index contributed by atoms with van der Waals surface area (Å²) in [6.45, 7) is 4.90. The second kappa shape index (κ2) is 13.3. The van der Waals surface area contributed by atoms with Crippen molar-refractivity contribution >= 4 is 35.2 Å². The van der Waals surface area contributed by atoms with Crippen molar-refractivity contribution in [2.24, 2.45) is 5.92 Å². The Hall–Kier alpha value is -3.66. The van der Waals surface area contributed by atoms with Crippen LogP contribution in [0.3, 0.4) is 0 Å². The normalized spacial score (nSPS) is 13.1. The highest BCUT2D eigenvalue weighted by atomic mass is 16.5. The van der Waals surface area contributed by atoms with Gasteiger partial charge in [-0.2, -0.15) is 0 Å². The Morgan fingerprint density at radius 2 is 1.63 bits per heavy atom. The zero-order valence-electron chi connectivity index (χ0n) is 20.2. The van der Waals surface area contributed by atoms with Gasteiger partial charge in [0.05, 0.1) is 13.0 Å². The van der Waals surface area contributed by atoms with E-state index in [0.717, 1.165) is 16.0 Å². The second-order valence-electron chi connectivity index (χ2n) is 8.57. The summed E-state index contributed by atoms with van der Waals surface area (Å²) in [6, 6.07) is 7.15. The van der Waals surface area contributed by atoms with Gasteiger partial charge >= 0.3 is 0 Å². The highest BCUT2D eigenvalue weighted by molar-refractivity contribution is 6.17. The average Bonchev–Trinajstić information content (AvgIpc) is 3.06. The van der Waals surface area contributed by atoms with Gasteiger partial charge in [-0.25, -0.2) is 0 Å². The van der Waals surface area contributed by atoms with Crippen molar-refractivity contribution < 1.29 is 33.5 Å². The molecule has 1 aliphatic rings. The maximum Gasteiger partial charge on any atom is 0.257 e. The van der Waals surface area contributed by atoms with Crippen LogP contribution in [0.4, 0.5) is 0 Å². The Labute approximate surface area is 204 Å². The number of hydrogen-bond acceptors (Lipinski definition) is 7. The molecule has 1 heterocycles. The molecule has 0 atom stereocenters. The van der Waals surface area contributed by atoms with E-state index in [4.69, 9.17) is 4.74 Å². The third-order valence-electron chi connectivity index (χ3n) is 5.12. The molecule has 2 N–H and O–H groups in total. The monoisotopic (exact) mass is 485 g/mol. The van der Waals surface area contributed by atoms with Crippen molar-refractivity contribution in [3.63, 3.8) is 0 Å². The summed E-state index contributed by atoms with van der Waals surface area (Å²) in [4.78, 5) is 71.6. The number of nitrogens with one attached hydrogen (secondary N) is 2. The lowest BCUT2D eigenvalue weighted by Gasteiger charge is -2.15. The molecule has 10 heteroatoms. The van der Waals surface area contributed by atoms with Crippen LogP contribution in [0.25, 0.3) is 0 Å². The van der Waals surface area contributed by atoms with Gasteiger partial charge in [0.15, 0.2) is 0 Å². The molecule has 0 spiro atoms. The van der Waals surface area contributed by atoms with Crippen molar-refractivity contribution in [3.05, 3.63) is 47.0 Å². The fourth-order valence-electron chi connectivity index (χ4n) is 3.31. The van der Waals surface area contributed by atoms with Gasteiger partial charge in [-0.1, -0.05) is 38.1 Å². The minimum Gasteiger partial charge on any atom is -0.370 e. The van der Waals surface area contributed by atoms with E-state index in [0.29, 0.717) is 5.57 Å². The molecule has 35 heavy (non-hydrogen) atoms. The van der Waals surface area contributed by atoms with Gasteiger partial charge in [0.25, 0.3) is 11.8 Å². The zero-order valence-corrected chi connectivity index (χ0v) is 20.2. The number of imide groups is 1. The molecule has 188 valence electrons. The van der Waals surface area contributed by atoms with E-state index in [-0.39, 0.29) is 69.1 Å². The molecule has 2 rings (SSSR count). The van der Waals surface area contributed by atoms with Crippen LogP contribution in [-0.2, 0) is 46.5 Å². The maximum absolute atomic E-state index is 12.2. The van der Waals surface area contributed by atoms with E-state index < -0.39 is 17.7 Å². The summed E-state index contributed by atoms with van der Waals surface area (Å²) in [7, 11) is 0. The quantitative estimate of drug-likeness (QED) is 0.222. The number of benzene rings is 1. The Balaban J connectivity index is 1.59. The predicted molar refractivity (Wildman–Crippen MR) is 126 cm³/mol. The first kappa shape index (κ1) is 27.6. The lowest BCUT2D eigenvalue weighted by molar-refractivity contribution is -0.141. The number of carbonyl (C=O) groups excluding carboxylic acids is 6. The number of Topliss-reactive ketones (excluding diaryl/α,β-unsaturated/α-hetero) is 2. The Bertz CT molecular complexity index is 1010. The summed E-state index contributed by atoms with van der Waals surface area (Å²) in [5, 5.41) is 5.25. The van der Waals surface area contributed by atoms with E-state index >= 15 is 0 Å². The molecule has 1 aromatic rings. The average molecular weight is 486 g/mol. The van der Waals surface area contributed by atoms with Gasteiger partial charge in [-0.15, -0.1) is 0 Å². The number of ketones is 2. The van der Waals surface area contributed by atoms with Crippen molar-refractivity contribution in [1.82, 2.24) is 15.5 Å². The first-order valence-electron chi connectivity index (χ1n) is 11.3. The fraction of sp³-hybridized carbons (Fsp3) is 0.440. The van der Waals surface area contributed by atoms with Gasteiger partial charge in [-0.3, -0.25) is 33.7 Å². The van der Waals surface area contributed by atoms with Crippen molar-refractivity contribution in [1.29, 1.82) is 0 Å². The number of carbonyl (C=O) groups is 6. The summed E-state index contributed by atoms with van der Waals surface area (Å²) in [6.07, 6.45) is 1.38. The van der Waals surface area contributed by atoms with Gasteiger partial charge in [0.1, 0.15) is 24.7 Å². The van der Waals surface area contributed by atoms with E-state index in [2.05, 4.69) is 10.6 Å². The number of hydrogen-bond donors (Lipinski definition) is 2. The smallest absolute Gasteiger partial charge is 0.257 e. The van der Waals surface area contributed by atoms with Crippen LogP contribution in [0.15, 0.2) is 35.9 Å². The van der Waals surface area contributed by atoms with Crippen LogP contribution < -0.4 is 10.6 Å². The maximum atomic E-state index is 12.2. The molecule has 10 nitrogen and oxygen atoms in total. The third-order valence-corrected chi connectivity index (χ3v) is 5.12. The van der Waals surface area contributed by atoms with Gasteiger partial charge in [0.2, 0.25) is 11.8 Å². The van der Waals surface area contributed by atoms with Crippen LogP contribution in [-0.4, -0.2) is 66.4 Å². The minimum atomic E-state index is -0.502. The number of rotatable bonds is 14. The van der Waals surface area contributed by atoms with Gasteiger partial charge < -0.3 is 15.4 Å². The van der Waals surface area contributed by atoms with Crippen LogP contribution in [0.5, 0.6) is 0 Å². The van der Waals surface area contributed by atoms with E-state index in [1.54, 1.807) is 38.1 Å². The molecule has 4 amide bonds. The predicted octanol–water partition coefficient (Wildman–Crippen LogP) is 0.478. The first-order valence-corrected chi connectivity index (χ1v) is 11.3. The largest absolute Gasteiger partial charge is 0.370 e. The Morgan fingerprint density at radius 3 is 2.23 bits per heavy atom. The molecule has 0 fully saturated rings. The highest BCUT2D eigenvalue weighted by Crippen LogP contribution is 2.19. The van der Waals surface area contributed by atoms with E-state index in [1.807, 2.05) is 0 Å². The number of nitrogens with zero attached hydrogens (tertiary/aromatic N) is 1. The molecule has 1 aliphatic heterocycles. The van der Waals surface area contributed by atoms with Crippen LogP contribution in [0.2, 0.25) is 0 Å². The molecule has 1 aromatic carbocycles. The van der Waals surface area contributed by atoms with Gasteiger partial charge in [0, 0.05) is 31.2 Å². The fourth-order valence-corrected chi connectivity index (χ4v) is 3.31. The van der Waals surface area contributed by atoms with Gasteiger partial charge in [-0.05, 0) is 24.0 Å². The molecule has 0 aromatic heterocycles. The van der Waals surface area contributed by atoms with Crippen LogP contribution >= 0.6 is 0 Å². The second-order valence-corrected chi connectivity index (χ2v) is 8.57. The Morgan fingerprint density at radius 1 is 0.971 bits per heavy atom. The zero-order chi connectivity index (χ0) is 26.0. The lowest BCUT2D eigenvalue weighted by Crippen LogP contribution is -2.42. The molecule has 0 saturated carbocycles. The molecular formula is C25H31N3O7. The molecule has 0 unspecified atom stereocenters. The van der Waals surface area contributed by atoms with Crippen molar-refractivity contribution in [3.8, 4) is 0 Å². The van der Waals surface area contributed by atoms with Crippen LogP contribution in [0.1, 0.15) is 38.3 Å². The standard InChI is InChI=1S/C25H31N3O7/c1-16(2)21-12-24(33)28(25(21)34)14-22(31)26-8-9-35-15-23(32)27-13-19-6-4-18(5-7-19)11-20(30)10-17(3)29/h4-7,12,16H,8-11,13-15H2,1-3H3,(H,26,31)(H,27,32). The molecule has 0 aliphatic carbocycles. The number of amides is 4. The summed E-state index contributed by atoms with van der Waals surface area (Å²) in [5.74, 6) is -2.19. The summed E-state index contributed by atoms with van der Waals surface area (Å²) >= 11 is 0. The van der Waals surface area contributed by atoms with Crippen molar-refractivity contribution in [2.45, 2.75) is 40.2 Å². The van der Waals surface area contributed by atoms with E-state index in [9.17, 15) is 28.8 Å². The minimum absolute atomic E-state index is 0.0735. The Kier molecular flexibility index (Phi) is 10.5. The molecule has 0 bridgehead atoms. The first-order chi connectivity index (χ1) is 16.6. The van der Waals surface area contributed by atoms with E-state index in [1.165, 1.54) is 13.0 Å². The molecular weight excluding hydrogens is 454 g/mol. The van der Waals surface area contributed by atoms with Crippen molar-refractivity contribution in [2.75, 3.05) is 26.3 Å². The number of ether oxygens (including phenoxy) is 1.